The number of carboxylic acid groups (broad SMARTS) is 1. The van der Waals surface area contributed by atoms with Gasteiger partial charge < -0.3 is 19.9 Å². The van der Waals surface area contributed by atoms with Gasteiger partial charge in [0.2, 0.25) is 5.91 Å². The molecule has 0 bridgehead atoms. The molecule has 8 nitrogen and oxygen atoms in total. The largest absolute Gasteiger partial charge is 0.481 e. The maximum atomic E-state index is 15.1. The van der Waals surface area contributed by atoms with Gasteiger partial charge in [0.1, 0.15) is 17.0 Å². The second-order valence-corrected chi connectivity index (χ2v) is 11.2. The van der Waals surface area contributed by atoms with Gasteiger partial charge in [-0.15, -0.1) is 11.3 Å². The van der Waals surface area contributed by atoms with Gasteiger partial charge >= 0.3 is 5.97 Å². The van der Waals surface area contributed by atoms with E-state index in [4.69, 9.17) is 16.7 Å². The number of carbonyl (C=O) groups is 3. The first-order valence-electron chi connectivity index (χ1n) is 12.5. The third kappa shape index (κ3) is 5.71. The molecule has 4 aromatic rings. The smallest absolute Gasteiger partial charge is 0.303 e. The number of carboxylic acids is 1. The highest BCUT2D eigenvalue weighted by molar-refractivity contribution is 7.11. The molecule has 2 amide bonds. The van der Waals surface area contributed by atoms with E-state index in [-0.39, 0.29) is 42.1 Å². The van der Waals surface area contributed by atoms with Crippen molar-refractivity contribution in [1.29, 1.82) is 0 Å². The van der Waals surface area contributed by atoms with E-state index in [0.717, 1.165) is 21.8 Å². The van der Waals surface area contributed by atoms with Crippen LogP contribution in [0.4, 0.5) is 14.5 Å². The first-order valence-corrected chi connectivity index (χ1v) is 13.7. The second-order valence-electron chi connectivity index (χ2n) is 9.68. The third-order valence-corrected chi connectivity index (χ3v) is 8.35. The van der Waals surface area contributed by atoms with Crippen LogP contribution in [0, 0.1) is 5.82 Å². The molecule has 1 fully saturated rings. The van der Waals surface area contributed by atoms with Gasteiger partial charge in [0.05, 0.1) is 41.7 Å². The van der Waals surface area contributed by atoms with Gasteiger partial charge in [-0.2, -0.15) is 0 Å². The standard InChI is InChI=1S/C28H25ClF2N4O4S/c1-34-14-19(18-4-2-3-5-23(18)34)27(39)33-22-11-21(31)15(8-20(22)29)9-25(36)35-13-16(30)10-24(35)28-32-12-17(40-28)6-7-26(37)38/h2-5,8,11-12,14,16,24H,6-7,9-10,13H2,1H3,(H,33,39)(H,37,38)/t16-,24-/m0/s1. The Morgan fingerprint density at radius 2 is 2.02 bits per heavy atom. The van der Waals surface area contributed by atoms with Crippen molar-refractivity contribution in [3.63, 3.8) is 0 Å². The molecule has 1 aliphatic heterocycles. The first kappa shape index (κ1) is 27.7. The fourth-order valence-corrected chi connectivity index (χ4v) is 6.19. The fourth-order valence-electron chi connectivity index (χ4n) is 4.91. The van der Waals surface area contributed by atoms with Crippen molar-refractivity contribution in [2.24, 2.45) is 7.05 Å². The number of aromatic nitrogens is 2. The number of anilines is 1. The minimum atomic E-state index is -1.26. The number of rotatable bonds is 8. The summed E-state index contributed by atoms with van der Waals surface area (Å²) in [6.07, 6.45) is 1.89. The Bertz CT molecular complexity index is 1620. The number of thiazole rings is 1. The van der Waals surface area contributed by atoms with Crippen molar-refractivity contribution >= 4 is 57.3 Å². The number of fused-ring (bicyclic) bond motifs is 1. The highest BCUT2D eigenvalue weighted by atomic mass is 35.5. The highest BCUT2D eigenvalue weighted by Gasteiger charge is 2.38. The van der Waals surface area contributed by atoms with Gasteiger partial charge in [0.15, 0.2) is 0 Å². The molecule has 1 aliphatic rings. The lowest BCUT2D eigenvalue weighted by molar-refractivity contribution is -0.137. The van der Waals surface area contributed by atoms with Crippen molar-refractivity contribution in [1.82, 2.24) is 14.5 Å². The molecule has 0 radical (unpaired) electrons. The minimum absolute atomic E-state index is 0.0144. The number of nitrogens with zero attached hydrogens (tertiary/aromatic N) is 3. The summed E-state index contributed by atoms with van der Waals surface area (Å²) in [6.45, 7) is -0.151. The van der Waals surface area contributed by atoms with Crippen LogP contribution in [0.3, 0.4) is 0 Å². The van der Waals surface area contributed by atoms with Gasteiger partial charge in [-0.3, -0.25) is 14.4 Å². The number of carbonyl (C=O) groups excluding carboxylic acids is 2. The SMILES string of the molecule is Cn1cc(C(=O)Nc2cc(F)c(CC(=O)N3C[C@@H](F)C[C@H]3c3ncc(CCC(=O)O)s3)cc2Cl)c2ccccc21. The van der Waals surface area contributed by atoms with E-state index in [2.05, 4.69) is 10.3 Å². The van der Waals surface area contributed by atoms with Crippen LogP contribution >= 0.6 is 22.9 Å². The number of amides is 2. The predicted octanol–water partition coefficient (Wildman–Crippen LogP) is 5.55. The van der Waals surface area contributed by atoms with E-state index in [0.29, 0.717) is 17.0 Å². The molecule has 0 spiro atoms. The zero-order chi connectivity index (χ0) is 28.6. The third-order valence-electron chi connectivity index (χ3n) is 6.88. The second kappa shape index (κ2) is 11.3. The van der Waals surface area contributed by atoms with Gasteiger partial charge in [-0.05, 0) is 30.2 Å². The summed E-state index contributed by atoms with van der Waals surface area (Å²) < 4.78 is 31.3. The number of likely N-dealkylation sites (tertiary alicyclic amines) is 1. The van der Waals surface area contributed by atoms with E-state index in [1.165, 1.54) is 22.3 Å². The fraction of sp³-hybridized carbons (Fsp3) is 0.286. The normalized spacial score (nSPS) is 16.9. The molecule has 0 unspecified atom stereocenters. The van der Waals surface area contributed by atoms with Gasteiger partial charge in [-0.25, -0.2) is 13.8 Å². The molecule has 3 heterocycles. The monoisotopic (exact) mass is 586 g/mol. The van der Waals surface area contributed by atoms with Gasteiger partial charge in [-0.1, -0.05) is 29.8 Å². The number of aliphatic carboxylic acids is 1. The summed E-state index contributed by atoms with van der Waals surface area (Å²) >= 11 is 7.62. The number of nitrogens with one attached hydrogen (secondary N) is 1. The molecule has 12 heteroatoms. The molecule has 1 saturated heterocycles. The molecule has 208 valence electrons. The Labute approximate surface area is 237 Å². The number of benzene rings is 2. The van der Waals surface area contributed by atoms with Crippen LogP contribution in [0.25, 0.3) is 10.9 Å². The molecule has 2 aromatic carbocycles. The van der Waals surface area contributed by atoms with E-state index in [9.17, 15) is 18.8 Å². The van der Waals surface area contributed by atoms with Gasteiger partial charge in [0, 0.05) is 41.6 Å². The molecule has 0 aliphatic carbocycles. The molecular formula is C28H25ClF2N4O4S. The summed E-state index contributed by atoms with van der Waals surface area (Å²) in [5.74, 6) is -2.61. The lowest BCUT2D eigenvalue weighted by atomic mass is 10.1. The Kier molecular flexibility index (Phi) is 7.86. The van der Waals surface area contributed by atoms with E-state index < -0.39 is 35.8 Å². The topological polar surface area (TPSA) is 105 Å². The van der Waals surface area contributed by atoms with Crippen molar-refractivity contribution in [2.75, 3.05) is 11.9 Å². The van der Waals surface area contributed by atoms with Crippen LogP contribution < -0.4 is 5.32 Å². The molecule has 2 aromatic heterocycles. The van der Waals surface area contributed by atoms with Crippen LogP contribution in [0.5, 0.6) is 0 Å². The average Bonchev–Trinajstić information content (AvgIpc) is 3.63. The molecule has 2 atom stereocenters. The Hall–Kier alpha value is -3.83. The Balaban J connectivity index is 1.30. The molecule has 2 N–H and O–H groups in total. The van der Waals surface area contributed by atoms with Crippen molar-refractivity contribution < 1.29 is 28.3 Å². The zero-order valence-electron chi connectivity index (χ0n) is 21.4. The molecule has 5 rings (SSSR count). The van der Waals surface area contributed by atoms with Crippen LogP contribution in [0.15, 0.2) is 48.8 Å². The summed E-state index contributed by atoms with van der Waals surface area (Å²) in [6, 6.07) is 9.13. The number of hydrogen-bond donors (Lipinski definition) is 2. The van der Waals surface area contributed by atoms with Crippen molar-refractivity contribution in [2.45, 2.75) is 37.9 Å². The van der Waals surface area contributed by atoms with E-state index >= 15 is 4.39 Å². The lowest BCUT2D eigenvalue weighted by Crippen LogP contribution is -2.32. The first-order chi connectivity index (χ1) is 19.1. The molecular weight excluding hydrogens is 562 g/mol. The Morgan fingerprint density at radius 1 is 1.25 bits per heavy atom. The van der Waals surface area contributed by atoms with E-state index in [1.807, 2.05) is 35.9 Å². The quantitative estimate of drug-likeness (QED) is 0.282. The van der Waals surface area contributed by atoms with Crippen LogP contribution in [-0.2, 0) is 29.5 Å². The number of halogens is 3. The van der Waals surface area contributed by atoms with Crippen molar-refractivity contribution in [3.05, 3.63) is 80.6 Å². The van der Waals surface area contributed by atoms with Gasteiger partial charge in [0.25, 0.3) is 5.91 Å². The summed E-state index contributed by atoms with van der Waals surface area (Å²) in [5.41, 5.74) is 1.35. The summed E-state index contributed by atoms with van der Waals surface area (Å²) in [7, 11) is 1.82. The maximum absolute atomic E-state index is 15.1. The molecule has 0 saturated carbocycles. The van der Waals surface area contributed by atoms with Crippen LogP contribution in [0.1, 0.15) is 44.7 Å². The highest BCUT2D eigenvalue weighted by Crippen LogP contribution is 2.37. The van der Waals surface area contributed by atoms with Crippen molar-refractivity contribution in [3.8, 4) is 0 Å². The number of aryl methyl sites for hydroxylation is 2. The molecule has 40 heavy (non-hydrogen) atoms. The number of hydrogen-bond acceptors (Lipinski definition) is 5. The summed E-state index contributed by atoms with van der Waals surface area (Å²) in [4.78, 5) is 43.4. The predicted molar refractivity (Wildman–Crippen MR) is 148 cm³/mol. The summed E-state index contributed by atoms with van der Waals surface area (Å²) in [5, 5.41) is 12.9. The minimum Gasteiger partial charge on any atom is -0.481 e. The van der Waals surface area contributed by atoms with Crippen LogP contribution in [-0.4, -0.2) is 50.1 Å². The zero-order valence-corrected chi connectivity index (χ0v) is 22.9. The number of para-hydroxylation sites is 1. The maximum Gasteiger partial charge on any atom is 0.303 e. The van der Waals surface area contributed by atoms with E-state index in [1.54, 1.807) is 12.4 Å². The lowest BCUT2D eigenvalue weighted by Gasteiger charge is -2.23. The number of alkyl halides is 1. The Morgan fingerprint density at radius 3 is 2.80 bits per heavy atom. The average molecular weight is 587 g/mol. The van der Waals surface area contributed by atoms with Crippen LogP contribution in [0.2, 0.25) is 5.02 Å².